The first kappa shape index (κ1) is 13.2. The maximum Gasteiger partial charge on any atom is 0.261 e. The second kappa shape index (κ2) is 5.66. The van der Waals surface area contributed by atoms with Gasteiger partial charge in [0, 0.05) is 17.8 Å². The van der Waals surface area contributed by atoms with E-state index in [2.05, 4.69) is 10.5 Å². The van der Waals surface area contributed by atoms with Crippen LogP contribution in [0.15, 0.2) is 59.8 Å². The van der Waals surface area contributed by atoms with Gasteiger partial charge in [-0.05, 0) is 29.8 Å². The smallest absolute Gasteiger partial charge is 0.261 e. The number of carbonyl (C=O) groups excluding carboxylic acids is 1. The van der Waals surface area contributed by atoms with Crippen molar-refractivity contribution in [2.45, 2.75) is 12.5 Å². The highest BCUT2D eigenvalue weighted by Crippen LogP contribution is 2.20. The molecular formula is C16H15N3O2. The molecule has 2 aromatic carbocycles. The number of para-hydroxylation sites is 1. The lowest BCUT2D eigenvalue weighted by Gasteiger charge is -2.07. The molecule has 0 aromatic heterocycles. The van der Waals surface area contributed by atoms with Crippen molar-refractivity contribution >= 4 is 23.0 Å². The van der Waals surface area contributed by atoms with Gasteiger partial charge < -0.3 is 15.9 Å². The van der Waals surface area contributed by atoms with Gasteiger partial charge in [0.05, 0.1) is 5.71 Å². The van der Waals surface area contributed by atoms with E-state index in [1.807, 2.05) is 54.6 Å². The molecule has 5 heteroatoms. The average Bonchev–Trinajstić information content (AvgIpc) is 2.99. The van der Waals surface area contributed by atoms with Crippen LogP contribution in [0.3, 0.4) is 0 Å². The summed E-state index contributed by atoms with van der Waals surface area (Å²) >= 11 is 0. The number of oxime groups is 1. The van der Waals surface area contributed by atoms with Crippen molar-refractivity contribution in [3.63, 3.8) is 0 Å². The van der Waals surface area contributed by atoms with Crippen molar-refractivity contribution in [3.8, 4) is 0 Å². The second-order valence-electron chi connectivity index (χ2n) is 4.81. The number of nitrogens with one attached hydrogen (secondary N) is 1. The molecule has 1 heterocycles. The molecule has 3 rings (SSSR count). The van der Waals surface area contributed by atoms with Crippen LogP contribution in [0.2, 0.25) is 0 Å². The summed E-state index contributed by atoms with van der Waals surface area (Å²) in [7, 11) is 0. The molecule has 0 spiro atoms. The van der Waals surface area contributed by atoms with Gasteiger partial charge in [0.25, 0.3) is 5.91 Å². The number of nitrogens with zero attached hydrogens (tertiary/aromatic N) is 1. The molecule has 1 aliphatic heterocycles. The van der Waals surface area contributed by atoms with Crippen LogP contribution in [0.4, 0.5) is 11.4 Å². The van der Waals surface area contributed by atoms with Gasteiger partial charge in [-0.2, -0.15) is 0 Å². The molecule has 0 saturated heterocycles. The Morgan fingerprint density at radius 2 is 1.76 bits per heavy atom. The molecule has 21 heavy (non-hydrogen) atoms. The fraction of sp³-hybridized carbons (Fsp3) is 0.125. The zero-order valence-corrected chi connectivity index (χ0v) is 11.3. The predicted molar refractivity (Wildman–Crippen MR) is 81.4 cm³/mol. The number of rotatable bonds is 4. The summed E-state index contributed by atoms with van der Waals surface area (Å²) in [6, 6.07) is 17.7. The number of amides is 1. The minimum atomic E-state index is -0.651. The molecule has 0 saturated carbocycles. The van der Waals surface area contributed by atoms with Gasteiger partial charge in [-0.3, -0.25) is 4.79 Å². The van der Waals surface area contributed by atoms with Crippen molar-refractivity contribution in [2.24, 2.45) is 10.9 Å². The molecule has 2 aromatic rings. The maximum atomic E-state index is 11.0. The molecule has 1 atom stereocenters. The number of hydrogen-bond donors (Lipinski definition) is 2. The van der Waals surface area contributed by atoms with Crippen LogP contribution in [0, 0.1) is 0 Å². The standard InChI is InChI=1S/C16H15N3O2/c17-16(20)15-10-14(19-21-15)11-6-8-13(9-7-11)18-12-4-2-1-3-5-12/h1-9,15,18H,10H2,(H2,17,20). The topological polar surface area (TPSA) is 76.7 Å². The summed E-state index contributed by atoms with van der Waals surface area (Å²) in [4.78, 5) is 16.1. The third-order valence-corrected chi connectivity index (χ3v) is 3.27. The first-order chi connectivity index (χ1) is 10.2. The number of primary amides is 1. The molecule has 0 fully saturated rings. The Kier molecular flexibility index (Phi) is 3.55. The highest BCUT2D eigenvalue weighted by molar-refractivity contribution is 6.04. The molecule has 0 aliphatic carbocycles. The van der Waals surface area contributed by atoms with Crippen LogP contribution in [0.1, 0.15) is 12.0 Å². The van der Waals surface area contributed by atoms with Crippen LogP contribution in [-0.4, -0.2) is 17.7 Å². The van der Waals surface area contributed by atoms with E-state index in [4.69, 9.17) is 10.6 Å². The number of benzene rings is 2. The quantitative estimate of drug-likeness (QED) is 0.903. The van der Waals surface area contributed by atoms with E-state index in [1.165, 1.54) is 0 Å². The molecule has 5 nitrogen and oxygen atoms in total. The van der Waals surface area contributed by atoms with Crippen LogP contribution in [0.25, 0.3) is 0 Å². The van der Waals surface area contributed by atoms with Gasteiger partial charge >= 0.3 is 0 Å². The molecule has 3 N–H and O–H groups in total. The number of anilines is 2. The summed E-state index contributed by atoms with van der Waals surface area (Å²) in [5, 5.41) is 7.22. The molecule has 106 valence electrons. The number of nitrogens with two attached hydrogens (primary N) is 1. The van der Waals surface area contributed by atoms with Crippen molar-refractivity contribution in [2.75, 3.05) is 5.32 Å². The number of carbonyl (C=O) groups is 1. The Labute approximate surface area is 122 Å². The van der Waals surface area contributed by atoms with Crippen LogP contribution in [-0.2, 0) is 9.63 Å². The lowest BCUT2D eigenvalue weighted by atomic mass is 10.0. The zero-order valence-electron chi connectivity index (χ0n) is 11.3. The molecule has 1 unspecified atom stereocenters. The van der Waals surface area contributed by atoms with Gasteiger partial charge in [-0.15, -0.1) is 0 Å². The van der Waals surface area contributed by atoms with Gasteiger partial charge in [0.1, 0.15) is 0 Å². The molecule has 0 bridgehead atoms. The predicted octanol–water partition coefficient (Wildman–Crippen LogP) is 2.41. The summed E-state index contributed by atoms with van der Waals surface area (Å²) in [6.45, 7) is 0. The fourth-order valence-corrected chi connectivity index (χ4v) is 2.13. The van der Waals surface area contributed by atoms with Crippen molar-refractivity contribution in [1.29, 1.82) is 0 Å². The van der Waals surface area contributed by atoms with Crippen LogP contribution >= 0.6 is 0 Å². The monoisotopic (exact) mass is 281 g/mol. The van der Waals surface area contributed by atoms with Crippen LogP contribution in [0.5, 0.6) is 0 Å². The molecule has 0 radical (unpaired) electrons. The van der Waals surface area contributed by atoms with E-state index < -0.39 is 12.0 Å². The first-order valence-corrected chi connectivity index (χ1v) is 6.67. The summed E-state index contributed by atoms with van der Waals surface area (Å²) in [5.41, 5.74) is 8.88. The lowest BCUT2D eigenvalue weighted by Crippen LogP contribution is -2.28. The van der Waals surface area contributed by atoms with Crippen molar-refractivity contribution in [3.05, 3.63) is 60.2 Å². The lowest BCUT2D eigenvalue weighted by molar-refractivity contribution is -0.127. The van der Waals surface area contributed by atoms with E-state index in [0.717, 1.165) is 22.6 Å². The summed E-state index contributed by atoms with van der Waals surface area (Å²) in [5.74, 6) is -0.490. The third-order valence-electron chi connectivity index (χ3n) is 3.27. The highest BCUT2D eigenvalue weighted by Gasteiger charge is 2.26. The Morgan fingerprint density at radius 1 is 1.10 bits per heavy atom. The van der Waals surface area contributed by atoms with Crippen molar-refractivity contribution in [1.82, 2.24) is 0 Å². The normalized spacial score (nSPS) is 17.0. The minimum Gasteiger partial charge on any atom is -0.382 e. The Hall–Kier alpha value is -2.82. The van der Waals surface area contributed by atoms with Gasteiger partial charge in [-0.1, -0.05) is 35.5 Å². The first-order valence-electron chi connectivity index (χ1n) is 6.67. The van der Waals surface area contributed by atoms with E-state index in [0.29, 0.717) is 6.42 Å². The van der Waals surface area contributed by atoms with E-state index >= 15 is 0 Å². The highest BCUT2D eigenvalue weighted by atomic mass is 16.6. The molecule has 1 aliphatic rings. The van der Waals surface area contributed by atoms with E-state index in [9.17, 15) is 4.79 Å². The average molecular weight is 281 g/mol. The van der Waals surface area contributed by atoms with Gasteiger partial charge in [-0.25, -0.2) is 0 Å². The second-order valence-corrected chi connectivity index (χ2v) is 4.81. The molecular weight excluding hydrogens is 266 g/mol. The third kappa shape index (κ3) is 3.02. The number of hydrogen-bond acceptors (Lipinski definition) is 4. The Bertz CT molecular complexity index is 666. The SMILES string of the molecule is NC(=O)C1CC(c2ccc(Nc3ccccc3)cc2)=NO1. The zero-order chi connectivity index (χ0) is 14.7. The summed E-state index contributed by atoms with van der Waals surface area (Å²) in [6.07, 6.45) is -0.233. The molecule has 1 amide bonds. The Balaban J connectivity index is 1.69. The van der Waals surface area contributed by atoms with Gasteiger partial charge in [0.15, 0.2) is 0 Å². The van der Waals surface area contributed by atoms with Crippen LogP contribution < -0.4 is 11.1 Å². The van der Waals surface area contributed by atoms with E-state index in [1.54, 1.807) is 0 Å². The summed E-state index contributed by atoms with van der Waals surface area (Å²) < 4.78 is 0. The van der Waals surface area contributed by atoms with E-state index in [-0.39, 0.29) is 0 Å². The van der Waals surface area contributed by atoms with Crippen molar-refractivity contribution < 1.29 is 9.63 Å². The maximum absolute atomic E-state index is 11.0. The van der Waals surface area contributed by atoms with Gasteiger partial charge in [0.2, 0.25) is 6.10 Å². The fourth-order valence-electron chi connectivity index (χ4n) is 2.13. The minimum absolute atomic E-state index is 0.417. The largest absolute Gasteiger partial charge is 0.382 e. The Morgan fingerprint density at radius 3 is 2.38 bits per heavy atom.